The second kappa shape index (κ2) is 11.4. The fourth-order valence-electron chi connectivity index (χ4n) is 2.96. The highest BCUT2D eigenvalue weighted by atomic mass is 35.5. The van der Waals surface area contributed by atoms with E-state index in [1.807, 2.05) is 6.92 Å². The average molecular weight is 421 g/mol. The van der Waals surface area contributed by atoms with Crippen LogP contribution in [0.15, 0.2) is 48.5 Å². The Morgan fingerprint density at radius 2 is 1.79 bits per heavy atom. The first-order valence-corrected chi connectivity index (χ1v) is 9.96. The quantitative estimate of drug-likeness (QED) is 0.586. The lowest BCUT2D eigenvalue weighted by atomic mass is 10.1. The van der Waals surface area contributed by atoms with Gasteiger partial charge in [-0.05, 0) is 54.8 Å². The first-order valence-electron chi connectivity index (χ1n) is 9.58. The van der Waals surface area contributed by atoms with Crippen LogP contribution in [-0.4, -0.2) is 36.4 Å². The standard InChI is InChI=1S/C22H26ClFN2O3/c1-3-20(22(28)25-2)26(15-16-6-10-18(24)11-7-16)21(27)5-4-14-29-19-12-8-17(23)9-13-19/h6-13,20H,3-5,14-15H2,1-2H3,(H,25,28)/t20-/m1/s1. The van der Waals surface area contributed by atoms with Crippen LogP contribution in [0, 0.1) is 5.82 Å². The molecule has 0 fully saturated rings. The highest BCUT2D eigenvalue weighted by Gasteiger charge is 2.27. The number of hydrogen-bond donors (Lipinski definition) is 1. The van der Waals surface area contributed by atoms with Crippen molar-refractivity contribution in [1.82, 2.24) is 10.2 Å². The number of carbonyl (C=O) groups is 2. The van der Waals surface area contributed by atoms with Crippen LogP contribution in [-0.2, 0) is 16.1 Å². The van der Waals surface area contributed by atoms with Gasteiger partial charge in [0.1, 0.15) is 17.6 Å². The number of carbonyl (C=O) groups excluding carboxylic acids is 2. The van der Waals surface area contributed by atoms with E-state index in [4.69, 9.17) is 16.3 Å². The summed E-state index contributed by atoms with van der Waals surface area (Å²) >= 11 is 5.85. The van der Waals surface area contributed by atoms with E-state index >= 15 is 0 Å². The van der Waals surface area contributed by atoms with Gasteiger partial charge in [-0.25, -0.2) is 4.39 Å². The van der Waals surface area contributed by atoms with Crippen LogP contribution in [0.4, 0.5) is 4.39 Å². The highest BCUT2D eigenvalue weighted by Crippen LogP contribution is 2.17. The first-order chi connectivity index (χ1) is 13.9. The predicted octanol–water partition coefficient (Wildman–Crippen LogP) is 4.19. The Bertz CT molecular complexity index is 797. The second-order valence-corrected chi connectivity index (χ2v) is 7.03. The molecule has 0 radical (unpaired) electrons. The van der Waals surface area contributed by atoms with E-state index in [-0.39, 0.29) is 30.6 Å². The van der Waals surface area contributed by atoms with Gasteiger partial charge in [-0.1, -0.05) is 30.7 Å². The fourth-order valence-corrected chi connectivity index (χ4v) is 3.09. The minimum Gasteiger partial charge on any atom is -0.494 e. The van der Waals surface area contributed by atoms with E-state index in [9.17, 15) is 14.0 Å². The van der Waals surface area contributed by atoms with Crippen LogP contribution >= 0.6 is 11.6 Å². The number of hydrogen-bond acceptors (Lipinski definition) is 3. The van der Waals surface area contributed by atoms with Gasteiger partial charge in [-0.15, -0.1) is 0 Å². The minimum absolute atomic E-state index is 0.149. The van der Waals surface area contributed by atoms with Crippen LogP contribution < -0.4 is 10.1 Å². The molecule has 0 saturated heterocycles. The Hall–Kier alpha value is -2.60. The molecule has 2 aromatic rings. The van der Waals surface area contributed by atoms with Gasteiger partial charge in [-0.2, -0.15) is 0 Å². The molecule has 5 nitrogen and oxygen atoms in total. The lowest BCUT2D eigenvalue weighted by Gasteiger charge is -2.30. The summed E-state index contributed by atoms with van der Waals surface area (Å²) in [6, 6.07) is 12.4. The highest BCUT2D eigenvalue weighted by molar-refractivity contribution is 6.30. The van der Waals surface area contributed by atoms with Crippen molar-refractivity contribution in [1.29, 1.82) is 0 Å². The Morgan fingerprint density at radius 3 is 2.38 bits per heavy atom. The van der Waals surface area contributed by atoms with Gasteiger partial charge >= 0.3 is 0 Å². The van der Waals surface area contributed by atoms with Crippen LogP contribution in [0.25, 0.3) is 0 Å². The molecule has 0 bridgehead atoms. The maximum atomic E-state index is 13.2. The molecular formula is C22H26ClFN2O3. The number of nitrogens with one attached hydrogen (secondary N) is 1. The molecule has 0 unspecified atom stereocenters. The zero-order valence-corrected chi connectivity index (χ0v) is 17.4. The molecule has 29 heavy (non-hydrogen) atoms. The van der Waals surface area contributed by atoms with Crippen molar-refractivity contribution in [2.24, 2.45) is 0 Å². The molecular weight excluding hydrogens is 395 g/mol. The summed E-state index contributed by atoms with van der Waals surface area (Å²) in [6.07, 6.45) is 1.22. The largest absolute Gasteiger partial charge is 0.494 e. The molecule has 156 valence electrons. The van der Waals surface area contributed by atoms with E-state index in [0.29, 0.717) is 30.2 Å². The molecule has 1 N–H and O–H groups in total. The minimum atomic E-state index is -0.588. The predicted molar refractivity (Wildman–Crippen MR) is 111 cm³/mol. The topological polar surface area (TPSA) is 58.6 Å². The summed E-state index contributed by atoms with van der Waals surface area (Å²) < 4.78 is 18.8. The zero-order chi connectivity index (χ0) is 21.2. The molecule has 0 spiro atoms. The maximum Gasteiger partial charge on any atom is 0.242 e. The van der Waals surface area contributed by atoms with Gasteiger partial charge < -0.3 is 15.0 Å². The lowest BCUT2D eigenvalue weighted by molar-refractivity contribution is -0.141. The van der Waals surface area contributed by atoms with Crippen molar-refractivity contribution >= 4 is 23.4 Å². The second-order valence-electron chi connectivity index (χ2n) is 6.59. The van der Waals surface area contributed by atoms with Crippen molar-refractivity contribution in [2.75, 3.05) is 13.7 Å². The summed E-state index contributed by atoms with van der Waals surface area (Å²) in [5.74, 6) is -0.0315. The Labute approximate surface area is 175 Å². The van der Waals surface area contributed by atoms with E-state index in [0.717, 1.165) is 5.56 Å². The number of likely N-dealkylation sites (N-methyl/N-ethyl adjacent to an activating group) is 1. The van der Waals surface area contributed by atoms with Crippen LogP contribution in [0.5, 0.6) is 5.75 Å². The fraction of sp³-hybridized carbons (Fsp3) is 0.364. The third-order valence-electron chi connectivity index (χ3n) is 4.52. The van der Waals surface area contributed by atoms with Gasteiger partial charge in [0, 0.05) is 25.0 Å². The molecule has 0 aliphatic carbocycles. The number of nitrogens with zero attached hydrogens (tertiary/aromatic N) is 1. The van der Waals surface area contributed by atoms with E-state index < -0.39 is 6.04 Å². The zero-order valence-electron chi connectivity index (χ0n) is 16.7. The summed E-state index contributed by atoms with van der Waals surface area (Å²) in [6.45, 7) is 2.46. The van der Waals surface area contributed by atoms with Crippen molar-refractivity contribution < 1.29 is 18.7 Å². The van der Waals surface area contributed by atoms with Gasteiger partial charge in [0.05, 0.1) is 6.61 Å². The Kier molecular flexibility index (Phi) is 8.93. The van der Waals surface area contributed by atoms with Crippen LogP contribution in [0.3, 0.4) is 0 Å². The molecule has 2 rings (SSSR count). The van der Waals surface area contributed by atoms with Crippen LogP contribution in [0.1, 0.15) is 31.7 Å². The summed E-state index contributed by atoms with van der Waals surface area (Å²) in [7, 11) is 1.55. The Balaban J connectivity index is 1.99. The molecule has 0 heterocycles. The summed E-state index contributed by atoms with van der Waals surface area (Å²) in [5.41, 5.74) is 0.763. The van der Waals surface area contributed by atoms with E-state index in [1.54, 1.807) is 48.3 Å². The normalized spacial score (nSPS) is 11.6. The van der Waals surface area contributed by atoms with Crippen molar-refractivity contribution in [3.8, 4) is 5.75 Å². The molecule has 1 atom stereocenters. The number of amides is 2. The van der Waals surface area contributed by atoms with Gasteiger partial charge in [0.15, 0.2) is 0 Å². The van der Waals surface area contributed by atoms with E-state index in [1.165, 1.54) is 12.1 Å². The van der Waals surface area contributed by atoms with Crippen molar-refractivity contribution in [3.05, 3.63) is 64.9 Å². The molecule has 2 amide bonds. The van der Waals surface area contributed by atoms with Crippen molar-refractivity contribution in [3.63, 3.8) is 0 Å². The smallest absolute Gasteiger partial charge is 0.242 e. The van der Waals surface area contributed by atoms with Gasteiger partial charge in [0.2, 0.25) is 11.8 Å². The summed E-state index contributed by atoms with van der Waals surface area (Å²) in [4.78, 5) is 26.7. The number of halogens is 2. The first kappa shape index (κ1) is 22.7. The molecule has 0 aliphatic rings. The third-order valence-corrected chi connectivity index (χ3v) is 4.77. The van der Waals surface area contributed by atoms with Gasteiger partial charge in [-0.3, -0.25) is 9.59 Å². The van der Waals surface area contributed by atoms with Gasteiger partial charge in [0.25, 0.3) is 0 Å². The molecule has 7 heteroatoms. The summed E-state index contributed by atoms with van der Waals surface area (Å²) in [5, 5.41) is 3.24. The Morgan fingerprint density at radius 1 is 1.14 bits per heavy atom. The molecule has 0 aromatic heterocycles. The van der Waals surface area contributed by atoms with E-state index in [2.05, 4.69) is 5.32 Å². The maximum absolute atomic E-state index is 13.2. The number of rotatable bonds is 10. The molecule has 0 saturated carbocycles. The average Bonchev–Trinajstić information content (AvgIpc) is 2.73. The monoisotopic (exact) mass is 420 g/mol. The lowest BCUT2D eigenvalue weighted by Crippen LogP contribution is -2.48. The molecule has 0 aliphatic heterocycles. The number of benzene rings is 2. The SMILES string of the molecule is CC[C@H](C(=O)NC)N(Cc1ccc(F)cc1)C(=O)CCCOc1ccc(Cl)cc1. The van der Waals surface area contributed by atoms with Crippen LogP contribution in [0.2, 0.25) is 5.02 Å². The molecule has 2 aromatic carbocycles. The number of ether oxygens (including phenoxy) is 1. The third kappa shape index (κ3) is 7.06. The van der Waals surface area contributed by atoms with Crippen molar-refractivity contribution in [2.45, 2.75) is 38.8 Å².